The quantitative estimate of drug-likeness (QED) is 0.796. The van der Waals surface area contributed by atoms with E-state index in [9.17, 15) is 14.7 Å². The van der Waals surface area contributed by atoms with Crippen LogP contribution in [0.2, 0.25) is 0 Å². The molecule has 0 aromatic rings. The fraction of sp³-hybridized carbons (Fsp3) is 0.833. The van der Waals surface area contributed by atoms with E-state index < -0.39 is 11.5 Å². The fourth-order valence-corrected chi connectivity index (χ4v) is 2.94. The van der Waals surface area contributed by atoms with Crippen molar-refractivity contribution in [2.75, 3.05) is 0 Å². The van der Waals surface area contributed by atoms with Gasteiger partial charge in [0.2, 0.25) is 5.91 Å². The predicted octanol–water partition coefficient (Wildman–Crippen LogP) is 1.78. The van der Waals surface area contributed by atoms with Crippen molar-refractivity contribution >= 4 is 11.9 Å². The summed E-state index contributed by atoms with van der Waals surface area (Å²) in [6.07, 6.45) is 6.11. The van der Waals surface area contributed by atoms with Crippen LogP contribution in [0.4, 0.5) is 0 Å². The Kier molecular flexibility index (Phi) is 2.91. The zero-order valence-electron chi connectivity index (χ0n) is 9.74. The van der Waals surface area contributed by atoms with Gasteiger partial charge in [0.25, 0.3) is 0 Å². The van der Waals surface area contributed by atoms with E-state index in [0.29, 0.717) is 12.8 Å². The number of carboxylic acids is 1. The van der Waals surface area contributed by atoms with Gasteiger partial charge in [-0.2, -0.15) is 0 Å². The van der Waals surface area contributed by atoms with Gasteiger partial charge in [0.1, 0.15) is 5.54 Å². The lowest BCUT2D eigenvalue weighted by Crippen LogP contribution is -2.58. The highest BCUT2D eigenvalue weighted by Crippen LogP contribution is 2.41. The van der Waals surface area contributed by atoms with Gasteiger partial charge in [0.15, 0.2) is 0 Å². The van der Waals surface area contributed by atoms with Crippen LogP contribution >= 0.6 is 0 Å². The largest absolute Gasteiger partial charge is 0.479 e. The van der Waals surface area contributed by atoms with Crippen LogP contribution in [0.1, 0.15) is 51.9 Å². The second-order valence-corrected chi connectivity index (χ2v) is 5.02. The Morgan fingerprint density at radius 1 is 1.19 bits per heavy atom. The average molecular weight is 225 g/mol. The van der Waals surface area contributed by atoms with Crippen LogP contribution < -0.4 is 0 Å². The molecule has 2 fully saturated rings. The second kappa shape index (κ2) is 4.07. The number of carbonyl (C=O) groups is 2. The third kappa shape index (κ3) is 1.81. The minimum atomic E-state index is -0.898. The SMILES string of the molecule is CC(=O)N(C1CC1)C1(C(=O)O)CCCCC1. The Morgan fingerprint density at radius 3 is 2.12 bits per heavy atom. The molecule has 0 bridgehead atoms. The molecule has 0 aromatic heterocycles. The van der Waals surface area contributed by atoms with E-state index in [1.807, 2.05) is 0 Å². The summed E-state index contributed by atoms with van der Waals surface area (Å²) in [6.45, 7) is 1.50. The van der Waals surface area contributed by atoms with Gasteiger partial charge in [-0.05, 0) is 25.7 Å². The minimum absolute atomic E-state index is 0.0770. The minimum Gasteiger partial charge on any atom is -0.479 e. The summed E-state index contributed by atoms with van der Waals surface area (Å²) in [4.78, 5) is 24.9. The van der Waals surface area contributed by atoms with Crippen LogP contribution in [-0.2, 0) is 9.59 Å². The van der Waals surface area contributed by atoms with E-state index in [1.54, 1.807) is 4.90 Å². The van der Waals surface area contributed by atoms with E-state index >= 15 is 0 Å². The maximum Gasteiger partial charge on any atom is 0.329 e. The summed E-state index contributed by atoms with van der Waals surface area (Å²) in [6, 6.07) is 0.187. The molecule has 2 aliphatic carbocycles. The lowest BCUT2D eigenvalue weighted by molar-refractivity contribution is -0.162. The summed E-state index contributed by atoms with van der Waals surface area (Å²) >= 11 is 0. The Labute approximate surface area is 95.6 Å². The lowest BCUT2D eigenvalue weighted by atomic mass is 9.80. The monoisotopic (exact) mass is 225 g/mol. The first kappa shape index (κ1) is 11.4. The van der Waals surface area contributed by atoms with Gasteiger partial charge >= 0.3 is 5.97 Å². The molecule has 1 amide bonds. The molecule has 4 heteroatoms. The van der Waals surface area contributed by atoms with Gasteiger partial charge in [-0.15, -0.1) is 0 Å². The van der Waals surface area contributed by atoms with Crippen LogP contribution in [0.3, 0.4) is 0 Å². The standard InChI is InChI=1S/C12H19NO3/c1-9(14)13(10-5-6-10)12(11(15)16)7-3-2-4-8-12/h10H,2-8H2,1H3,(H,15,16). The molecular weight excluding hydrogens is 206 g/mol. The molecule has 0 aliphatic heterocycles. The molecule has 2 saturated carbocycles. The van der Waals surface area contributed by atoms with Crippen molar-refractivity contribution in [2.45, 2.75) is 63.5 Å². The zero-order valence-corrected chi connectivity index (χ0v) is 9.74. The first-order chi connectivity index (χ1) is 7.58. The highest BCUT2D eigenvalue weighted by molar-refractivity contribution is 5.86. The summed E-state index contributed by atoms with van der Waals surface area (Å²) in [5, 5.41) is 9.49. The molecular formula is C12H19NO3. The zero-order chi connectivity index (χ0) is 11.8. The number of carboxylic acid groups (broad SMARTS) is 1. The number of aliphatic carboxylic acids is 1. The third-order valence-corrected chi connectivity index (χ3v) is 3.79. The Balaban J connectivity index is 2.28. The van der Waals surface area contributed by atoms with Gasteiger partial charge in [-0.3, -0.25) is 4.79 Å². The van der Waals surface area contributed by atoms with Crippen molar-refractivity contribution in [2.24, 2.45) is 0 Å². The summed E-state index contributed by atoms with van der Waals surface area (Å²) in [5.74, 6) is -0.888. The molecule has 0 radical (unpaired) electrons. The maximum absolute atomic E-state index is 11.7. The molecule has 0 heterocycles. The van der Waals surface area contributed by atoms with Gasteiger partial charge in [-0.1, -0.05) is 19.3 Å². The topological polar surface area (TPSA) is 57.6 Å². The summed E-state index contributed by atoms with van der Waals surface area (Å²) < 4.78 is 0. The van der Waals surface area contributed by atoms with E-state index in [4.69, 9.17) is 0 Å². The molecule has 0 spiro atoms. The Hall–Kier alpha value is -1.06. The number of carbonyl (C=O) groups excluding carboxylic acids is 1. The average Bonchev–Trinajstić information content (AvgIpc) is 3.03. The normalized spacial score (nSPS) is 23.8. The first-order valence-electron chi connectivity index (χ1n) is 6.11. The first-order valence-corrected chi connectivity index (χ1v) is 6.11. The highest BCUT2D eigenvalue weighted by Gasteiger charge is 2.51. The fourth-order valence-electron chi connectivity index (χ4n) is 2.94. The van der Waals surface area contributed by atoms with E-state index in [0.717, 1.165) is 32.1 Å². The molecule has 0 aromatic carbocycles. The van der Waals surface area contributed by atoms with E-state index in [-0.39, 0.29) is 11.9 Å². The predicted molar refractivity (Wildman–Crippen MR) is 59.0 cm³/mol. The van der Waals surface area contributed by atoms with Crippen LogP contribution in [0.5, 0.6) is 0 Å². The maximum atomic E-state index is 11.7. The number of hydrogen-bond donors (Lipinski definition) is 1. The van der Waals surface area contributed by atoms with Crippen LogP contribution in [0.15, 0.2) is 0 Å². The van der Waals surface area contributed by atoms with Crippen molar-refractivity contribution in [3.8, 4) is 0 Å². The number of hydrogen-bond acceptors (Lipinski definition) is 2. The van der Waals surface area contributed by atoms with Crippen LogP contribution in [0.25, 0.3) is 0 Å². The van der Waals surface area contributed by atoms with Gasteiger partial charge in [-0.25, -0.2) is 4.79 Å². The second-order valence-electron chi connectivity index (χ2n) is 5.02. The molecule has 0 atom stereocenters. The number of nitrogens with zero attached hydrogens (tertiary/aromatic N) is 1. The lowest BCUT2D eigenvalue weighted by Gasteiger charge is -2.43. The molecule has 16 heavy (non-hydrogen) atoms. The number of amides is 1. The van der Waals surface area contributed by atoms with Crippen molar-refractivity contribution in [1.82, 2.24) is 4.90 Å². The summed E-state index contributed by atoms with van der Waals surface area (Å²) in [5.41, 5.74) is -0.898. The molecule has 0 saturated heterocycles. The van der Waals surface area contributed by atoms with Crippen molar-refractivity contribution in [1.29, 1.82) is 0 Å². The molecule has 2 aliphatic rings. The van der Waals surface area contributed by atoms with E-state index in [2.05, 4.69) is 0 Å². The van der Waals surface area contributed by atoms with Gasteiger partial charge in [0, 0.05) is 13.0 Å². The van der Waals surface area contributed by atoms with Gasteiger partial charge < -0.3 is 10.0 Å². The van der Waals surface area contributed by atoms with Gasteiger partial charge in [0.05, 0.1) is 0 Å². The van der Waals surface area contributed by atoms with Crippen LogP contribution in [0, 0.1) is 0 Å². The van der Waals surface area contributed by atoms with E-state index in [1.165, 1.54) is 6.92 Å². The van der Waals surface area contributed by atoms with Crippen molar-refractivity contribution < 1.29 is 14.7 Å². The molecule has 90 valence electrons. The Bertz CT molecular complexity index is 303. The highest BCUT2D eigenvalue weighted by atomic mass is 16.4. The van der Waals surface area contributed by atoms with Crippen LogP contribution in [-0.4, -0.2) is 33.5 Å². The summed E-state index contributed by atoms with van der Waals surface area (Å²) in [7, 11) is 0. The van der Waals surface area contributed by atoms with Crippen molar-refractivity contribution in [3.05, 3.63) is 0 Å². The van der Waals surface area contributed by atoms with Crippen molar-refractivity contribution in [3.63, 3.8) is 0 Å². The molecule has 2 rings (SSSR count). The molecule has 4 nitrogen and oxygen atoms in total. The Morgan fingerprint density at radius 2 is 1.75 bits per heavy atom. The third-order valence-electron chi connectivity index (χ3n) is 3.79. The molecule has 0 unspecified atom stereocenters. The molecule has 1 N–H and O–H groups in total. The number of rotatable bonds is 3. The smallest absolute Gasteiger partial charge is 0.329 e.